The van der Waals surface area contributed by atoms with Crippen molar-refractivity contribution in [2.75, 3.05) is 6.61 Å². The van der Waals surface area contributed by atoms with E-state index in [1.807, 2.05) is 35.8 Å². The molecule has 2 aromatic carbocycles. The lowest BCUT2D eigenvalue weighted by Gasteiger charge is -2.07. The molecule has 3 rings (SSSR count). The van der Waals surface area contributed by atoms with Crippen LogP contribution in [0.25, 0.3) is 17.1 Å². The number of aromatic hydroxyl groups is 1. The van der Waals surface area contributed by atoms with Crippen LogP contribution in [0.1, 0.15) is 12.5 Å². The third-order valence-corrected chi connectivity index (χ3v) is 3.64. The molecule has 3 aromatic rings. The molecule has 0 bridgehead atoms. The van der Waals surface area contributed by atoms with Crippen LogP contribution in [0.3, 0.4) is 0 Å². The molecule has 0 unspecified atom stereocenters. The summed E-state index contributed by atoms with van der Waals surface area (Å²) in [6, 6.07) is 15.1. The van der Waals surface area contributed by atoms with Crippen molar-refractivity contribution in [2.45, 2.75) is 13.5 Å². The molecule has 1 N–H and O–H groups in total. The van der Waals surface area contributed by atoms with Crippen LogP contribution in [0.5, 0.6) is 11.5 Å². The second-order valence-electron chi connectivity index (χ2n) is 5.30. The normalized spacial score (nSPS) is 11.4. The average molecular weight is 319 g/mol. The molecule has 0 saturated heterocycles. The molecule has 0 amide bonds. The molecular formula is C19H17N3O2. The van der Waals surface area contributed by atoms with Gasteiger partial charge in [0.1, 0.15) is 0 Å². The van der Waals surface area contributed by atoms with Gasteiger partial charge in [-0.15, -0.1) is 0 Å². The minimum absolute atomic E-state index is 0.0908. The summed E-state index contributed by atoms with van der Waals surface area (Å²) >= 11 is 0. The van der Waals surface area contributed by atoms with Crippen molar-refractivity contribution < 1.29 is 9.84 Å². The highest BCUT2D eigenvalue weighted by molar-refractivity contribution is 5.75. The first-order valence-corrected chi connectivity index (χ1v) is 7.67. The van der Waals surface area contributed by atoms with Gasteiger partial charge in [0.2, 0.25) is 0 Å². The summed E-state index contributed by atoms with van der Waals surface area (Å²) in [7, 11) is 0. The van der Waals surface area contributed by atoms with E-state index in [2.05, 4.69) is 11.1 Å². The van der Waals surface area contributed by atoms with Gasteiger partial charge >= 0.3 is 0 Å². The van der Waals surface area contributed by atoms with Crippen LogP contribution in [0.4, 0.5) is 0 Å². The summed E-state index contributed by atoms with van der Waals surface area (Å²) in [4.78, 5) is 4.34. The molecule has 5 nitrogen and oxygen atoms in total. The van der Waals surface area contributed by atoms with E-state index in [0.717, 1.165) is 16.6 Å². The van der Waals surface area contributed by atoms with Crippen molar-refractivity contribution in [2.24, 2.45) is 0 Å². The molecule has 1 aromatic heterocycles. The molecule has 24 heavy (non-hydrogen) atoms. The Labute approximate surface area is 140 Å². The first-order chi connectivity index (χ1) is 11.7. The number of rotatable bonds is 5. The fourth-order valence-corrected chi connectivity index (χ4v) is 2.53. The quantitative estimate of drug-likeness (QED) is 0.727. The number of nitriles is 1. The number of aromatic nitrogens is 2. The van der Waals surface area contributed by atoms with Crippen LogP contribution in [0.2, 0.25) is 0 Å². The number of hydrogen-bond acceptors (Lipinski definition) is 4. The summed E-state index contributed by atoms with van der Waals surface area (Å²) in [5, 5.41) is 19.2. The highest BCUT2D eigenvalue weighted by atomic mass is 16.5. The maximum absolute atomic E-state index is 9.76. The van der Waals surface area contributed by atoms with Gasteiger partial charge in [0, 0.05) is 5.57 Å². The number of fused-ring (bicyclic) bond motifs is 1. The Balaban J connectivity index is 1.90. The number of allylic oxidation sites excluding steroid dienone is 1. The number of imidazole rings is 1. The molecule has 1 heterocycles. The van der Waals surface area contributed by atoms with Gasteiger partial charge in [-0.1, -0.05) is 18.2 Å². The minimum atomic E-state index is 0.0908. The van der Waals surface area contributed by atoms with Gasteiger partial charge in [-0.3, -0.25) is 0 Å². The van der Waals surface area contributed by atoms with Gasteiger partial charge in [-0.2, -0.15) is 5.26 Å². The Morgan fingerprint density at radius 2 is 2.17 bits per heavy atom. The Kier molecular flexibility index (Phi) is 4.48. The van der Waals surface area contributed by atoms with Crippen molar-refractivity contribution in [3.8, 4) is 17.6 Å². The third-order valence-electron chi connectivity index (χ3n) is 3.64. The average Bonchev–Trinajstić information content (AvgIpc) is 3.00. The smallest absolute Gasteiger partial charge is 0.161 e. The van der Waals surface area contributed by atoms with Crippen molar-refractivity contribution in [3.05, 3.63) is 59.9 Å². The first kappa shape index (κ1) is 15.6. The monoisotopic (exact) mass is 319 g/mol. The Morgan fingerprint density at radius 1 is 1.33 bits per heavy atom. The van der Waals surface area contributed by atoms with Crippen molar-refractivity contribution >= 4 is 17.1 Å². The van der Waals surface area contributed by atoms with Gasteiger partial charge in [0.05, 0.1) is 36.6 Å². The van der Waals surface area contributed by atoms with Crippen LogP contribution < -0.4 is 4.74 Å². The van der Waals surface area contributed by atoms with E-state index >= 15 is 0 Å². The van der Waals surface area contributed by atoms with Gasteiger partial charge < -0.3 is 14.4 Å². The first-order valence-electron chi connectivity index (χ1n) is 7.67. The molecule has 0 saturated carbocycles. The van der Waals surface area contributed by atoms with E-state index in [0.29, 0.717) is 24.5 Å². The highest BCUT2D eigenvalue weighted by Crippen LogP contribution is 2.28. The minimum Gasteiger partial charge on any atom is -0.504 e. The lowest BCUT2D eigenvalue weighted by atomic mass is 10.1. The number of phenolic OH excluding ortho intramolecular Hbond substituents is 1. The van der Waals surface area contributed by atoms with E-state index in [-0.39, 0.29) is 5.75 Å². The predicted molar refractivity (Wildman–Crippen MR) is 92.6 cm³/mol. The van der Waals surface area contributed by atoms with E-state index in [1.54, 1.807) is 30.6 Å². The van der Waals surface area contributed by atoms with Gasteiger partial charge in [-0.25, -0.2) is 4.98 Å². The van der Waals surface area contributed by atoms with Gasteiger partial charge in [0.15, 0.2) is 11.5 Å². The Hall–Kier alpha value is -3.26. The molecule has 0 atom stereocenters. The summed E-state index contributed by atoms with van der Waals surface area (Å²) in [5.41, 5.74) is 3.28. The fourth-order valence-electron chi connectivity index (χ4n) is 2.53. The van der Waals surface area contributed by atoms with Crippen molar-refractivity contribution in [1.82, 2.24) is 9.55 Å². The van der Waals surface area contributed by atoms with Crippen LogP contribution in [-0.2, 0) is 6.54 Å². The summed E-state index contributed by atoms with van der Waals surface area (Å²) in [6.45, 7) is 2.75. The lowest BCUT2D eigenvalue weighted by Crippen LogP contribution is -1.98. The number of nitrogens with zero attached hydrogens (tertiary/aromatic N) is 3. The standard InChI is InChI=1S/C19H17N3O2/c1-2-24-19-10-14(7-8-18(19)23)9-15(11-20)12-22-13-21-16-5-3-4-6-17(16)22/h3-10,13,23H,2,12H2,1H3/b15-9-. The molecular weight excluding hydrogens is 302 g/mol. The van der Waals surface area contributed by atoms with Crippen LogP contribution in [0, 0.1) is 11.3 Å². The van der Waals surface area contributed by atoms with E-state index in [1.165, 1.54) is 0 Å². The van der Waals surface area contributed by atoms with Crippen molar-refractivity contribution in [1.29, 1.82) is 5.26 Å². The second-order valence-corrected chi connectivity index (χ2v) is 5.30. The summed E-state index contributed by atoms with van der Waals surface area (Å²) < 4.78 is 7.32. The topological polar surface area (TPSA) is 71.1 Å². The molecule has 0 aliphatic rings. The fraction of sp³-hybridized carbons (Fsp3) is 0.158. The number of benzene rings is 2. The Morgan fingerprint density at radius 3 is 2.96 bits per heavy atom. The van der Waals surface area contributed by atoms with Gasteiger partial charge in [0.25, 0.3) is 0 Å². The number of hydrogen-bond donors (Lipinski definition) is 1. The predicted octanol–water partition coefficient (Wildman–Crippen LogP) is 3.75. The maximum Gasteiger partial charge on any atom is 0.161 e. The van der Waals surface area contributed by atoms with Crippen molar-refractivity contribution in [3.63, 3.8) is 0 Å². The molecule has 0 aliphatic carbocycles. The van der Waals surface area contributed by atoms with E-state index in [4.69, 9.17) is 4.74 Å². The van der Waals surface area contributed by atoms with Crippen LogP contribution >= 0.6 is 0 Å². The Bertz CT molecular complexity index is 935. The molecule has 0 spiro atoms. The van der Waals surface area contributed by atoms with Crippen LogP contribution in [-0.4, -0.2) is 21.3 Å². The third kappa shape index (κ3) is 3.23. The number of ether oxygens (including phenoxy) is 1. The lowest BCUT2D eigenvalue weighted by molar-refractivity contribution is 0.318. The highest BCUT2D eigenvalue weighted by Gasteiger charge is 2.06. The molecule has 0 aliphatic heterocycles. The number of phenols is 1. The second kappa shape index (κ2) is 6.88. The SMILES string of the molecule is CCOc1cc(/C=C(/C#N)Cn2cnc3ccccc32)ccc1O. The van der Waals surface area contributed by atoms with E-state index < -0.39 is 0 Å². The van der Waals surface area contributed by atoms with E-state index in [9.17, 15) is 10.4 Å². The molecule has 5 heteroatoms. The number of para-hydroxylation sites is 2. The summed E-state index contributed by atoms with van der Waals surface area (Å²) in [6.07, 6.45) is 3.52. The van der Waals surface area contributed by atoms with Crippen LogP contribution in [0.15, 0.2) is 54.4 Å². The molecule has 0 radical (unpaired) electrons. The summed E-state index contributed by atoms with van der Waals surface area (Å²) in [5.74, 6) is 0.504. The van der Waals surface area contributed by atoms with Gasteiger partial charge in [-0.05, 0) is 42.8 Å². The largest absolute Gasteiger partial charge is 0.504 e. The maximum atomic E-state index is 9.76. The zero-order valence-electron chi connectivity index (χ0n) is 13.3. The zero-order valence-corrected chi connectivity index (χ0v) is 13.3. The zero-order chi connectivity index (χ0) is 16.9. The molecule has 120 valence electrons. The molecule has 0 fully saturated rings.